The van der Waals surface area contributed by atoms with Gasteiger partial charge < -0.3 is 4.84 Å². The molecule has 0 unspecified atom stereocenters. The summed E-state index contributed by atoms with van der Waals surface area (Å²) in [5.74, 6) is -0.472. The van der Waals surface area contributed by atoms with E-state index in [1.165, 1.54) is 11.1 Å². The van der Waals surface area contributed by atoms with Crippen LogP contribution >= 0.6 is 0 Å². The minimum atomic E-state index is -0.472. The molecule has 0 aromatic carbocycles. The van der Waals surface area contributed by atoms with Crippen LogP contribution in [0.25, 0.3) is 0 Å². The Morgan fingerprint density at radius 1 is 1.60 bits per heavy atom. The summed E-state index contributed by atoms with van der Waals surface area (Å²) in [6.07, 6.45) is 1.35. The molecule has 0 aliphatic carbocycles. The first kappa shape index (κ1) is 8.91. The molecule has 3 heteroatoms. The summed E-state index contributed by atoms with van der Waals surface area (Å²) in [5, 5.41) is 1.30. The molecule has 0 radical (unpaired) electrons. The molecular formula is C7H11NO2. The van der Waals surface area contributed by atoms with Gasteiger partial charge in [0.25, 0.3) is 0 Å². The first-order chi connectivity index (χ1) is 4.57. The molecule has 0 fully saturated rings. The van der Waals surface area contributed by atoms with E-state index in [1.807, 2.05) is 0 Å². The molecule has 0 aliphatic heterocycles. The molecule has 0 atom stereocenters. The number of carbonyl (C=O) groups excluding carboxylic acids is 1. The van der Waals surface area contributed by atoms with E-state index >= 15 is 0 Å². The van der Waals surface area contributed by atoms with Crippen molar-refractivity contribution in [2.45, 2.75) is 0 Å². The molecule has 0 N–H and O–H groups in total. The summed E-state index contributed by atoms with van der Waals surface area (Å²) in [7, 11) is 3.24. The minimum absolute atomic E-state index is 0.258. The molecule has 0 bridgehead atoms. The lowest BCUT2D eigenvalue weighted by molar-refractivity contribution is -0.172. The predicted octanol–water partition coefficient (Wildman–Crippen LogP) is 0.748. The molecule has 0 spiro atoms. The van der Waals surface area contributed by atoms with Crippen LogP contribution in [0.3, 0.4) is 0 Å². The van der Waals surface area contributed by atoms with Crippen molar-refractivity contribution in [3.8, 4) is 0 Å². The van der Waals surface area contributed by atoms with Crippen LogP contribution < -0.4 is 0 Å². The van der Waals surface area contributed by atoms with Gasteiger partial charge in [0.05, 0.1) is 5.57 Å². The lowest BCUT2D eigenvalue weighted by Gasteiger charge is -2.08. The zero-order chi connectivity index (χ0) is 8.15. The van der Waals surface area contributed by atoms with Crippen molar-refractivity contribution in [2.24, 2.45) is 0 Å². The normalized spacial score (nSPS) is 9.10. The van der Waals surface area contributed by atoms with Gasteiger partial charge in [0.15, 0.2) is 0 Å². The predicted molar refractivity (Wildman–Crippen MR) is 39.1 cm³/mol. The van der Waals surface area contributed by atoms with Crippen molar-refractivity contribution < 1.29 is 9.63 Å². The fraction of sp³-hybridized carbons (Fsp3) is 0.286. The van der Waals surface area contributed by atoms with Crippen LogP contribution in [-0.4, -0.2) is 25.1 Å². The third-order valence-corrected chi connectivity index (χ3v) is 0.774. The highest BCUT2D eigenvalue weighted by Gasteiger charge is 2.04. The molecule has 0 aromatic rings. The monoisotopic (exact) mass is 141 g/mol. The molecule has 3 nitrogen and oxygen atoms in total. The van der Waals surface area contributed by atoms with Crippen molar-refractivity contribution in [1.29, 1.82) is 0 Å². The Balaban J connectivity index is 3.85. The highest BCUT2D eigenvalue weighted by molar-refractivity contribution is 5.90. The van der Waals surface area contributed by atoms with Gasteiger partial charge in [-0.3, -0.25) is 0 Å². The lowest BCUT2D eigenvalue weighted by Crippen LogP contribution is -2.18. The van der Waals surface area contributed by atoms with Crippen molar-refractivity contribution in [1.82, 2.24) is 5.06 Å². The van der Waals surface area contributed by atoms with Crippen LogP contribution in [0.2, 0.25) is 0 Å². The molecule has 0 heterocycles. The highest BCUT2D eigenvalue weighted by atomic mass is 16.7. The van der Waals surface area contributed by atoms with E-state index in [1.54, 1.807) is 14.1 Å². The van der Waals surface area contributed by atoms with Gasteiger partial charge in [-0.2, -0.15) is 0 Å². The van der Waals surface area contributed by atoms with E-state index < -0.39 is 5.97 Å². The van der Waals surface area contributed by atoms with E-state index in [9.17, 15) is 4.79 Å². The summed E-state index contributed by atoms with van der Waals surface area (Å²) in [6, 6.07) is 0. The maximum Gasteiger partial charge on any atom is 0.356 e. The first-order valence-electron chi connectivity index (χ1n) is 2.79. The fourth-order valence-corrected chi connectivity index (χ4v) is 0.308. The summed E-state index contributed by atoms with van der Waals surface area (Å²) in [4.78, 5) is 15.4. The van der Waals surface area contributed by atoms with Gasteiger partial charge in [-0.1, -0.05) is 19.2 Å². The number of hydroxylamine groups is 2. The molecular weight excluding hydrogens is 130 g/mol. The van der Waals surface area contributed by atoms with Gasteiger partial charge in [-0.05, 0) is 0 Å². The smallest absolute Gasteiger partial charge is 0.356 e. The van der Waals surface area contributed by atoms with E-state index in [0.717, 1.165) is 0 Å². The fourth-order valence-electron chi connectivity index (χ4n) is 0.308. The molecule has 0 saturated heterocycles. The summed E-state index contributed by atoms with van der Waals surface area (Å²) in [5.41, 5.74) is 0.258. The second-order valence-electron chi connectivity index (χ2n) is 1.92. The van der Waals surface area contributed by atoms with Crippen molar-refractivity contribution in [2.75, 3.05) is 14.1 Å². The van der Waals surface area contributed by atoms with Crippen LogP contribution in [0, 0.1) is 0 Å². The maximum absolute atomic E-state index is 10.7. The lowest BCUT2D eigenvalue weighted by atomic mass is 10.3. The average molecular weight is 141 g/mol. The number of rotatable bonds is 3. The number of carbonyl (C=O) groups is 1. The van der Waals surface area contributed by atoms with Crippen LogP contribution in [0.4, 0.5) is 0 Å². The van der Waals surface area contributed by atoms with Crippen LogP contribution in [0.15, 0.2) is 24.8 Å². The number of hydrogen-bond donors (Lipinski definition) is 0. The molecule has 10 heavy (non-hydrogen) atoms. The molecule has 0 amide bonds. The molecule has 56 valence electrons. The standard InChI is InChI=1S/C7H11NO2/c1-5-6(2)7(9)10-8(3)4/h5H,1-2H2,3-4H3. The second kappa shape index (κ2) is 3.85. The average Bonchev–Trinajstić information content (AvgIpc) is 1.85. The Bertz CT molecular complexity index is 161. The van der Waals surface area contributed by atoms with Crippen molar-refractivity contribution in [3.05, 3.63) is 24.8 Å². The van der Waals surface area contributed by atoms with Gasteiger partial charge in [0.1, 0.15) is 0 Å². The summed E-state index contributed by atoms with van der Waals surface area (Å²) < 4.78 is 0. The quantitative estimate of drug-likeness (QED) is 0.330. The van der Waals surface area contributed by atoms with E-state index in [-0.39, 0.29) is 5.57 Å². The topological polar surface area (TPSA) is 29.5 Å². The Morgan fingerprint density at radius 2 is 2.10 bits per heavy atom. The van der Waals surface area contributed by atoms with Gasteiger partial charge >= 0.3 is 5.97 Å². The molecule has 0 aromatic heterocycles. The van der Waals surface area contributed by atoms with Crippen LogP contribution in [-0.2, 0) is 9.63 Å². The zero-order valence-corrected chi connectivity index (χ0v) is 6.26. The van der Waals surface area contributed by atoms with Gasteiger partial charge in [0, 0.05) is 14.1 Å². The largest absolute Gasteiger partial charge is 0.364 e. The molecule has 0 aliphatic rings. The van der Waals surface area contributed by atoms with E-state index in [4.69, 9.17) is 0 Å². The van der Waals surface area contributed by atoms with Crippen molar-refractivity contribution in [3.63, 3.8) is 0 Å². The molecule has 0 rings (SSSR count). The number of nitrogens with zero attached hydrogens (tertiary/aromatic N) is 1. The van der Waals surface area contributed by atoms with Gasteiger partial charge in [0.2, 0.25) is 0 Å². The van der Waals surface area contributed by atoms with Crippen molar-refractivity contribution >= 4 is 5.97 Å². The Labute approximate surface area is 60.5 Å². The minimum Gasteiger partial charge on any atom is -0.364 e. The molecule has 0 saturated carbocycles. The highest BCUT2D eigenvalue weighted by Crippen LogP contribution is 1.95. The maximum atomic E-state index is 10.7. The second-order valence-corrected chi connectivity index (χ2v) is 1.92. The first-order valence-corrected chi connectivity index (χ1v) is 2.79. The number of hydrogen-bond acceptors (Lipinski definition) is 3. The van der Waals surface area contributed by atoms with E-state index in [2.05, 4.69) is 18.0 Å². The third-order valence-electron chi connectivity index (χ3n) is 0.774. The van der Waals surface area contributed by atoms with Crippen LogP contribution in [0.1, 0.15) is 0 Å². The Morgan fingerprint density at radius 3 is 2.40 bits per heavy atom. The van der Waals surface area contributed by atoms with Crippen LogP contribution in [0.5, 0.6) is 0 Å². The third kappa shape index (κ3) is 3.04. The summed E-state index contributed by atoms with van der Waals surface area (Å²) in [6.45, 7) is 6.78. The van der Waals surface area contributed by atoms with E-state index in [0.29, 0.717) is 0 Å². The SMILES string of the molecule is C=CC(=C)C(=O)ON(C)C. The zero-order valence-electron chi connectivity index (χ0n) is 6.26. The Kier molecular flexibility index (Phi) is 3.43. The van der Waals surface area contributed by atoms with Gasteiger partial charge in [-0.15, -0.1) is 5.06 Å². The Hall–Kier alpha value is -1.09. The summed E-state index contributed by atoms with van der Waals surface area (Å²) >= 11 is 0. The van der Waals surface area contributed by atoms with Gasteiger partial charge in [-0.25, -0.2) is 4.79 Å².